The van der Waals surface area contributed by atoms with Crippen LogP contribution in [0.2, 0.25) is 0 Å². The molecule has 0 bridgehead atoms. The zero-order chi connectivity index (χ0) is 14.3. The topological polar surface area (TPSA) is 68.7 Å². The van der Waals surface area contributed by atoms with E-state index >= 15 is 0 Å². The monoisotopic (exact) mass is 312 g/mol. The molecule has 0 amide bonds. The van der Waals surface area contributed by atoms with E-state index in [2.05, 4.69) is 4.98 Å². The third-order valence-corrected chi connectivity index (χ3v) is 5.77. The number of fused-ring (bicyclic) bond motifs is 1. The van der Waals surface area contributed by atoms with Gasteiger partial charge in [-0.15, -0.1) is 11.3 Å². The van der Waals surface area contributed by atoms with Gasteiger partial charge in [-0.05, 0) is 19.1 Å². The van der Waals surface area contributed by atoms with Crippen LogP contribution in [0.15, 0.2) is 28.5 Å². The lowest BCUT2D eigenvalue weighted by atomic mass is 10.3. The van der Waals surface area contributed by atoms with Crippen LogP contribution in [0.1, 0.15) is 5.69 Å². The van der Waals surface area contributed by atoms with Crippen LogP contribution in [-0.2, 0) is 10.0 Å². The molecule has 0 spiro atoms. The van der Waals surface area contributed by atoms with Crippen LogP contribution in [0.5, 0.6) is 11.5 Å². The van der Waals surface area contributed by atoms with Gasteiger partial charge in [0.05, 0.1) is 10.6 Å². The molecule has 2 aromatic rings. The molecule has 1 aliphatic heterocycles. The van der Waals surface area contributed by atoms with E-state index in [-0.39, 0.29) is 11.7 Å². The van der Waals surface area contributed by atoms with E-state index in [0.717, 1.165) is 5.69 Å². The molecule has 106 valence electrons. The minimum Gasteiger partial charge on any atom is -0.454 e. The molecule has 0 aliphatic carbocycles. The van der Waals surface area contributed by atoms with E-state index in [4.69, 9.17) is 9.47 Å². The Kier molecular flexibility index (Phi) is 3.06. The van der Waals surface area contributed by atoms with Crippen molar-refractivity contribution in [2.75, 3.05) is 18.1 Å². The largest absolute Gasteiger partial charge is 0.454 e. The predicted octanol–water partition coefficient (Wildman–Crippen LogP) is 2.01. The van der Waals surface area contributed by atoms with E-state index in [9.17, 15) is 8.42 Å². The van der Waals surface area contributed by atoms with Crippen LogP contribution in [-0.4, -0.2) is 27.2 Å². The van der Waals surface area contributed by atoms with Crippen molar-refractivity contribution in [3.8, 4) is 11.5 Å². The highest BCUT2D eigenvalue weighted by atomic mass is 32.2. The van der Waals surface area contributed by atoms with E-state index < -0.39 is 10.0 Å². The number of hydrogen-bond acceptors (Lipinski definition) is 6. The lowest BCUT2D eigenvalue weighted by molar-refractivity contribution is 0.174. The van der Waals surface area contributed by atoms with Crippen LogP contribution in [0.25, 0.3) is 0 Å². The average Bonchev–Trinajstić information content (AvgIpc) is 3.05. The molecule has 0 unspecified atom stereocenters. The van der Waals surface area contributed by atoms with Crippen molar-refractivity contribution >= 4 is 26.5 Å². The molecule has 0 atom stereocenters. The van der Waals surface area contributed by atoms with Crippen molar-refractivity contribution in [3.63, 3.8) is 0 Å². The SMILES string of the molecule is Cc1csc(N(C)S(=O)(=O)c2ccc3c(c2)OCO3)n1. The summed E-state index contributed by atoms with van der Waals surface area (Å²) in [6, 6.07) is 4.56. The lowest BCUT2D eigenvalue weighted by Gasteiger charge is -2.16. The Morgan fingerprint density at radius 1 is 1.30 bits per heavy atom. The molecule has 0 radical (unpaired) electrons. The number of anilines is 1. The van der Waals surface area contributed by atoms with Crippen molar-refractivity contribution in [1.82, 2.24) is 4.98 Å². The maximum Gasteiger partial charge on any atom is 0.265 e. The number of thiazole rings is 1. The second kappa shape index (κ2) is 4.64. The van der Waals surface area contributed by atoms with Gasteiger partial charge in [0.1, 0.15) is 0 Å². The van der Waals surface area contributed by atoms with Gasteiger partial charge in [-0.3, -0.25) is 0 Å². The van der Waals surface area contributed by atoms with E-state index in [1.807, 2.05) is 6.92 Å². The van der Waals surface area contributed by atoms with Gasteiger partial charge in [-0.25, -0.2) is 17.7 Å². The molecule has 1 aliphatic rings. The smallest absolute Gasteiger partial charge is 0.265 e. The maximum absolute atomic E-state index is 12.5. The van der Waals surface area contributed by atoms with Crippen LogP contribution >= 0.6 is 11.3 Å². The molecule has 1 aromatic carbocycles. The Labute approximate surface area is 120 Å². The molecule has 0 fully saturated rings. The van der Waals surface area contributed by atoms with Crippen LogP contribution in [0.3, 0.4) is 0 Å². The van der Waals surface area contributed by atoms with Crippen molar-refractivity contribution in [2.24, 2.45) is 0 Å². The van der Waals surface area contributed by atoms with Gasteiger partial charge in [0.2, 0.25) is 6.79 Å². The summed E-state index contributed by atoms with van der Waals surface area (Å²) in [5.41, 5.74) is 0.790. The molecule has 2 heterocycles. The van der Waals surface area contributed by atoms with Gasteiger partial charge >= 0.3 is 0 Å². The van der Waals surface area contributed by atoms with Gasteiger partial charge in [0.15, 0.2) is 16.6 Å². The highest BCUT2D eigenvalue weighted by Crippen LogP contribution is 2.35. The van der Waals surface area contributed by atoms with Gasteiger partial charge in [0.25, 0.3) is 10.0 Å². The standard InChI is InChI=1S/C12H12N2O4S2/c1-8-6-19-12(13-8)14(2)20(15,16)9-3-4-10-11(5-9)18-7-17-10/h3-6H,7H2,1-2H3. The first kappa shape index (κ1) is 13.2. The van der Waals surface area contributed by atoms with Gasteiger partial charge in [-0.1, -0.05) is 0 Å². The number of aromatic nitrogens is 1. The van der Waals surface area contributed by atoms with Crippen molar-refractivity contribution < 1.29 is 17.9 Å². The number of rotatable bonds is 3. The van der Waals surface area contributed by atoms with Crippen LogP contribution in [0.4, 0.5) is 5.13 Å². The first-order valence-corrected chi connectivity index (χ1v) is 8.11. The maximum atomic E-state index is 12.5. The minimum atomic E-state index is -3.65. The molecule has 1 aromatic heterocycles. The summed E-state index contributed by atoms with van der Waals surface area (Å²) in [4.78, 5) is 4.33. The van der Waals surface area contributed by atoms with E-state index in [0.29, 0.717) is 16.6 Å². The number of benzene rings is 1. The minimum absolute atomic E-state index is 0.111. The zero-order valence-corrected chi connectivity index (χ0v) is 12.5. The normalized spacial score (nSPS) is 13.5. The number of aryl methyl sites for hydroxylation is 1. The van der Waals surface area contributed by atoms with Crippen LogP contribution in [0, 0.1) is 6.92 Å². The fraction of sp³-hybridized carbons (Fsp3) is 0.250. The van der Waals surface area contributed by atoms with Gasteiger partial charge < -0.3 is 9.47 Å². The average molecular weight is 312 g/mol. The summed E-state index contributed by atoms with van der Waals surface area (Å²) >= 11 is 1.28. The molecule has 8 heteroatoms. The van der Waals surface area contributed by atoms with Gasteiger partial charge in [0, 0.05) is 18.5 Å². The predicted molar refractivity (Wildman–Crippen MR) is 75.0 cm³/mol. The second-order valence-electron chi connectivity index (χ2n) is 4.26. The first-order valence-electron chi connectivity index (χ1n) is 5.79. The molecule has 20 heavy (non-hydrogen) atoms. The quantitative estimate of drug-likeness (QED) is 0.867. The molecular weight excluding hydrogens is 300 g/mol. The molecule has 6 nitrogen and oxygen atoms in total. The van der Waals surface area contributed by atoms with E-state index in [1.165, 1.54) is 34.8 Å². The van der Waals surface area contributed by atoms with E-state index in [1.54, 1.807) is 11.4 Å². The number of hydrogen-bond donors (Lipinski definition) is 0. The number of ether oxygens (including phenoxy) is 2. The molecule has 3 rings (SSSR count). The van der Waals surface area contributed by atoms with Crippen LogP contribution < -0.4 is 13.8 Å². The fourth-order valence-corrected chi connectivity index (χ4v) is 3.94. The summed E-state index contributed by atoms with van der Waals surface area (Å²) < 4.78 is 36.6. The third-order valence-electron chi connectivity index (χ3n) is 2.88. The Morgan fingerprint density at radius 3 is 2.75 bits per heavy atom. The Balaban J connectivity index is 1.99. The first-order chi connectivity index (χ1) is 9.48. The molecule has 0 N–H and O–H groups in total. The highest BCUT2D eigenvalue weighted by molar-refractivity contribution is 7.93. The zero-order valence-electron chi connectivity index (χ0n) is 10.9. The Morgan fingerprint density at radius 2 is 2.05 bits per heavy atom. The summed E-state index contributed by atoms with van der Waals surface area (Å²) in [5, 5.41) is 2.24. The number of sulfonamides is 1. The Hall–Kier alpha value is -1.80. The summed E-state index contributed by atoms with van der Waals surface area (Å²) in [5.74, 6) is 0.992. The third kappa shape index (κ3) is 2.10. The second-order valence-corrected chi connectivity index (χ2v) is 7.06. The Bertz CT molecular complexity index is 755. The summed E-state index contributed by atoms with van der Waals surface area (Å²) in [6.07, 6.45) is 0. The fourth-order valence-electron chi connectivity index (χ4n) is 1.78. The van der Waals surface area contributed by atoms with Crippen molar-refractivity contribution in [1.29, 1.82) is 0 Å². The molecular formula is C12H12N2O4S2. The number of nitrogens with zero attached hydrogens (tertiary/aromatic N) is 2. The summed E-state index contributed by atoms with van der Waals surface area (Å²) in [7, 11) is -2.17. The summed E-state index contributed by atoms with van der Waals surface area (Å²) in [6.45, 7) is 1.93. The molecule has 0 saturated carbocycles. The molecule has 0 saturated heterocycles. The van der Waals surface area contributed by atoms with Gasteiger partial charge in [-0.2, -0.15) is 0 Å². The van der Waals surface area contributed by atoms with Crippen molar-refractivity contribution in [3.05, 3.63) is 29.3 Å². The lowest BCUT2D eigenvalue weighted by Crippen LogP contribution is -2.26. The van der Waals surface area contributed by atoms with Crippen molar-refractivity contribution in [2.45, 2.75) is 11.8 Å². The highest BCUT2D eigenvalue weighted by Gasteiger charge is 2.26.